The second kappa shape index (κ2) is 9.05. The summed E-state index contributed by atoms with van der Waals surface area (Å²) in [6, 6.07) is 8.71. The molecular weight excluding hydrogens is 428 g/mol. The van der Waals surface area contributed by atoms with E-state index in [-0.39, 0.29) is 17.1 Å². The quantitative estimate of drug-likeness (QED) is 0.544. The summed E-state index contributed by atoms with van der Waals surface area (Å²) in [6.07, 6.45) is 0.823. The number of nitrogens with zero attached hydrogens (tertiary/aromatic N) is 2. The van der Waals surface area contributed by atoms with Crippen LogP contribution in [0.2, 0.25) is 0 Å². The van der Waals surface area contributed by atoms with Crippen molar-refractivity contribution in [1.29, 1.82) is 0 Å². The van der Waals surface area contributed by atoms with Crippen LogP contribution in [-0.2, 0) is 4.74 Å². The van der Waals surface area contributed by atoms with Gasteiger partial charge in [-0.1, -0.05) is 6.07 Å². The van der Waals surface area contributed by atoms with Gasteiger partial charge < -0.3 is 18.8 Å². The van der Waals surface area contributed by atoms with Crippen molar-refractivity contribution >= 4 is 28.2 Å². The molecule has 2 aromatic heterocycles. The molecule has 8 heteroatoms. The van der Waals surface area contributed by atoms with E-state index >= 15 is 0 Å². The largest absolute Gasteiger partial charge is 0.494 e. The van der Waals surface area contributed by atoms with Gasteiger partial charge in [0.15, 0.2) is 5.43 Å². The molecule has 0 radical (unpaired) electrons. The highest BCUT2D eigenvalue weighted by atomic mass is 32.1. The maximum Gasteiger partial charge on any atom is 0.290 e. The highest BCUT2D eigenvalue weighted by Crippen LogP contribution is 2.40. The lowest BCUT2D eigenvalue weighted by Crippen LogP contribution is -2.38. The van der Waals surface area contributed by atoms with Gasteiger partial charge in [0.2, 0.25) is 5.76 Å². The summed E-state index contributed by atoms with van der Waals surface area (Å²) >= 11 is 1.55. The Morgan fingerprint density at radius 2 is 2.00 bits per heavy atom. The molecule has 0 bridgehead atoms. The van der Waals surface area contributed by atoms with Crippen LogP contribution in [0.1, 0.15) is 40.4 Å². The smallest absolute Gasteiger partial charge is 0.290 e. The van der Waals surface area contributed by atoms with E-state index in [9.17, 15) is 9.59 Å². The highest BCUT2D eigenvalue weighted by Gasteiger charge is 2.43. The minimum absolute atomic E-state index is 0.147. The fourth-order valence-corrected chi connectivity index (χ4v) is 5.36. The summed E-state index contributed by atoms with van der Waals surface area (Å²) in [6.45, 7) is 7.18. The van der Waals surface area contributed by atoms with Gasteiger partial charge in [-0.15, -0.1) is 11.3 Å². The van der Waals surface area contributed by atoms with Crippen molar-refractivity contribution in [3.05, 3.63) is 62.1 Å². The third-order valence-corrected chi connectivity index (χ3v) is 6.96. The molecule has 168 valence electrons. The Labute approximate surface area is 190 Å². The maximum absolute atomic E-state index is 13.5. The second-order valence-corrected chi connectivity index (χ2v) is 8.97. The summed E-state index contributed by atoms with van der Waals surface area (Å²) in [7, 11) is 0. The molecule has 0 N–H and O–H groups in total. The minimum atomic E-state index is -0.408. The molecule has 3 aromatic rings. The summed E-state index contributed by atoms with van der Waals surface area (Å²) in [5, 5.41) is 2.44. The number of benzene rings is 1. The zero-order valence-corrected chi connectivity index (χ0v) is 18.9. The fourth-order valence-electron chi connectivity index (χ4n) is 4.52. The van der Waals surface area contributed by atoms with Gasteiger partial charge in [0.25, 0.3) is 5.91 Å². The van der Waals surface area contributed by atoms with Crippen molar-refractivity contribution in [2.45, 2.75) is 19.4 Å². The molecule has 0 spiro atoms. The van der Waals surface area contributed by atoms with E-state index in [1.807, 2.05) is 24.4 Å². The monoisotopic (exact) mass is 454 g/mol. The molecule has 4 heterocycles. The molecule has 7 nitrogen and oxygen atoms in total. The zero-order valence-electron chi connectivity index (χ0n) is 18.0. The summed E-state index contributed by atoms with van der Waals surface area (Å²) in [5.41, 5.74) is 0.681. The van der Waals surface area contributed by atoms with Crippen molar-refractivity contribution in [2.75, 3.05) is 46.0 Å². The number of carbonyl (C=O) groups excluding carboxylic acids is 1. The number of ether oxygens (including phenoxy) is 2. The van der Waals surface area contributed by atoms with Crippen LogP contribution in [0.25, 0.3) is 11.0 Å². The van der Waals surface area contributed by atoms with E-state index in [4.69, 9.17) is 13.9 Å². The lowest BCUT2D eigenvalue weighted by Gasteiger charge is -2.28. The molecule has 0 saturated carbocycles. The number of carbonyl (C=O) groups is 1. The van der Waals surface area contributed by atoms with Gasteiger partial charge in [0, 0.05) is 37.1 Å². The van der Waals surface area contributed by atoms with Crippen molar-refractivity contribution in [3.8, 4) is 5.75 Å². The first kappa shape index (κ1) is 21.2. The molecular formula is C24H26N2O5S. The van der Waals surface area contributed by atoms with Crippen LogP contribution in [0.4, 0.5) is 0 Å². The summed E-state index contributed by atoms with van der Waals surface area (Å²) < 4.78 is 17.0. The molecule has 2 aliphatic heterocycles. The number of fused-ring (bicyclic) bond motifs is 2. The number of amides is 1. The lowest BCUT2D eigenvalue weighted by atomic mass is 10.0. The predicted molar refractivity (Wildman–Crippen MR) is 123 cm³/mol. The van der Waals surface area contributed by atoms with E-state index in [0.29, 0.717) is 35.4 Å². The van der Waals surface area contributed by atoms with Crippen LogP contribution in [0, 0.1) is 0 Å². The first-order valence-electron chi connectivity index (χ1n) is 11.1. The van der Waals surface area contributed by atoms with Crippen molar-refractivity contribution < 1.29 is 18.7 Å². The van der Waals surface area contributed by atoms with Gasteiger partial charge in [-0.05, 0) is 36.9 Å². The van der Waals surface area contributed by atoms with Gasteiger partial charge in [-0.25, -0.2) is 0 Å². The third-order valence-electron chi connectivity index (χ3n) is 6.04. The average Bonchev–Trinajstić information content (AvgIpc) is 3.42. The molecule has 2 aliphatic rings. The minimum Gasteiger partial charge on any atom is -0.494 e. The Kier molecular flexibility index (Phi) is 5.99. The van der Waals surface area contributed by atoms with E-state index in [0.717, 1.165) is 44.1 Å². The van der Waals surface area contributed by atoms with Gasteiger partial charge in [-0.2, -0.15) is 0 Å². The number of thiophene rings is 1. The van der Waals surface area contributed by atoms with Gasteiger partial charge >= 0.3 is 0 Å². The Morgan fingerprint density at radius 3 is 2.75 bits per heavy atom. The lowest BCUT2D eigenvalue weighted by molar-refractivity contribution is 0.0354. The topological polar surface area (TPSA) is 72.2 Å². The number of hydrogen-bond donors (Lipinski definition) is 0. The average molecular weight is 455 g/mol. The maximum atomic E-state index is 13.5. The molecule has 1 aromatic carbocycles. The van der Waals surface area contributed by atoms with Gasteiger partial charge in [-0.3, -0.25) is 14.5 Å². The molecule has 1 fully saturated rings. The Bertz CT molecular complexity index is 1170. The molecule has 32 heavy (non-hydrogen) atoms. The molecule has 1 unspecified atom stereocenters. The van der Waals surface area contributed by atoms with Gasteiger partial charge in [0.05, 0.1) is 36.8 Å². The Balaban J connectivity index is 1.49. The van der Waals surface area contributed by atoms with Crippen LogP contribution in [0.15, 0.2) is 44.9 Å². The zero-order chi connectivity index (χ0) is 22.1. The fraction of sp³-hybridized carbons (Fsp3) is 0.417. The van der Waals surface area contributed by atoms with E-state index < -0.39 is 6.04 Å². The summed E-state index contributed by atoms with van der Waals surface area (Å²) in [4.78, 5) is 32.1. The Morgan fingerprint density at radius 1 is 1.16 bits per heavy atom. The summed E-state index contributed by atoms with van der Waals surface area (Å²) in [5.74, 6) is 0.549. The van der Waals surface area contributed by atoms with Crippen LogP contribution in [0.5, 0.6) is 5.75 Å². The number of morpholine rings is 1. The standard InChI is InChI=1S/C24H26N2O5S/c1-2-30-16-6-7-17-18(15-16)31-23-20(22(17)27)21(19-5-3-14-32-19)26(24(23)28)9-4-8-25-10-12-29-13-11-25/h3,5-7,14-15,21H,2,4,8-13H2,1H3. The van der Waals surface area contributed by atoms with Crippen molar-refractivity contribution in [1.82, 2.24) is 9.80 Å². The SMILES string of the molecule is CCOc1ccc2c(=O)c3c(oc2c1)C(=O)N(CCCN1CCOCC1)C3c1cccs1. The molecule has 1 saturated heterocycles. The van der Waals surface area contributed by atoms with Crippen LogP contribution in [-0.4, -0.2) is 61.7 Å². The van der Waals surface area contributed by atoms with Crippen LogP contribution in [0.3, 0.4) is 0 Å². The third kappa shape index (κ3) is 3.83. The normalized spacial score (nSPS) is 19.0. The first-order valence-corrected chi connectivity index (χ1v) is 11.9. The Hall–Kier alpha value is -2.68. The number of hydrogen-bond acceptors (Lipinski definition) is 7. The second-order valence-electron chi connectivity index (χ2n) is 7.99. The van der Waals surface area contributed by atoms with Crippen LogP contribution >= 0.6 is 11.3 Å². The van der Waals surface area contributed by atoms with Crippen LogP contribution < -0.4 is 10.2 Å². The molecule has 1 amide bonds. The molecule has 5 rings (SSSR count). The van der Waals surface area contributed by atoms with E-state index in [1.54, 1.807) is 34.4 Å². The van der Waals surface area contributed by atoms with Crippen molar-refractivity contribution in [3.63, 3.8) is 0 Å². The number of rotatable bonds is 7. The highest BCUT2D eigenvalue weighted by molar-refractivity contribution is 7.10. The molecule has 1 atom stereocenters. The first-order chi connectivity index (χ1) is 15.7. The van der Waals surface area contributed by atoms with E-state index in [1.165, 1.54) is 0 Å². The predicted octanol–water partition coefficient (Wildman–Crippen LogP) is 3.52. The van der Waals surface area contributed by atoms with E-state index in [2.05, 4.69) is 4.90 Å². The molecule has 0 aliphatic carbocycles. The van der Waals surface area contributed by atoms with Crippen molar-refractivity contribution in [2.24, 2.45) is 0 Å². The van der Waals surface area contributed by atoms with Gasteiger partial charge in [0.1, 0.15) is 11.3 Å².